The number of fused-ring (bicyclic) bond motifs is 2. The van der Waals surface area contributed by atoms with Gasteiger partial charge in [0.2, 0.25) is 0 Å². The highest BCUT2D eigenvalue weighted by Crippen LogP contribution is 2.43. The van der Waals surface area contributed by atoms with Crippen molar-refractivity contribution in [1.82, 2.24) is 9.80 Å². The minimum atomic E-state index is 0.711. The molecule has 27 heavy (non-hydrogen) atoms. The van der Waals surface area contributed by atoms with E-state index in [1.807, 2.05) is 12.1 Å². The summed E-state index contributed by atoms with van der Waals surface area (Å²) in [6, 6.07) is 3.97. The summed E-state index contributed by atoms with van der Waals surface area (Å²) in [5, 5.41) is 0. The lowest BCUT2D eigenvalue weighted by molar-refractivity contribution is 0.108. The Bertz CT molecular complexity index is 682. The van der Waals surface area contributed by atoms with E-state index in [4.69, 9.17) is 14.2 Å². The van der Waals surface area contributed by atoms with Crippen molar-refractivity contribution in [3.05, 3.63) is 29.8 Å². The van der Waals surface area contributed by atoms with E-state index in [0.29, 0.717) is 5.75 Å². The first kappa shape index (κ1) is 18.6. The maximum atomic E-state index is 5.59. The smallest absolute Gasteiger partial charge is 0.164 e. The summed E-state index contributed by atoms with van der Waals surface area (Å²) in [5.74, 6) is 4.95. The maximum absolute atomic E-state index is 5.59. The monoisotopic (exact) mass is 372 g/mol. The van der Waals surface area contributed by atoms with Crippen molar-refractivity contribution in [2.24, 2.45) is 17.8 Å². The molecule has 0 radical (unpaired) electrons. The Balaban J connectivity index is 1.33. The van der Waals surface area contributed by atoms with Crippen molar-refractivity contribution in [3.63, 3.8) is 0 Å². The molecule has 1 heterocycles. The molecule has 5 nitrogen and oxygen atoms in total. The predicted octanol–water partition coefficient (Wildman–Crippen LogP) is 3.04. The summed E-state index contributed by atoms with van der Waals surface area (Å²) < 4.78 is 16.4. The third-order valence-corrected chi connectivity index (χ3v) is 6.55. The molecule has 2 fully saturated rings. The van der Waals surface area contributed by atoms with Gasteiger partial charge in [0.1, 0.15) is 5.75 Å². The van der Waals surface area contributed by atoms with Gasteiger partial charge in [0.05, 0.1) is 21.3 Å². The summed E-state index contributed by atoms with van der Waals surface area (Å²) in [6.45, 7) is 6.69. The minimum absolute atomic E-state index is 0.711. The van der Waals surface area contributed by atoms with E-state index in [1.54, 1.807) is 21.3 Å². The number of rotatable bonds is 7. The van der Waals surface area contributed by atoms with Gasteiger partial charge in [-0.2, -0.15) is 0 Å². The van der Waals surface area contributed by atoms with Gasteiger partial charge in [-0.3, -0.25) is 4.90 Å². The molecule has 0 unspecified atom stereocenters. The standard InChI is InChI=1S/C22H32N2O3/c1-25-20-13-22(27-3)21(26-2)12-19(20)15-24-8-6-23(7-9-24)14-18-11-16-4-5-17(18)10-16/h4-5,12-13,16-18H,6-11,14-15H2,1-3H3/t16-,17-,18-/m0/s1. The Morgan fingerprint density at radius 3 is 2.07 bits per heavy atom. The number of benzene rings is 1. The minimum Gasteiger partial charge on any atom is -0.496 e. The predicted molar refractivity (Wildman–Crippen MR) is 107 cm³/mol. The van der Waals surface area contributed by atoms with Crippen LogP contribution in [0.2, 0.25) is 0 Å². The van der Waals surface area contributed by atoms with Gasteiger partial charge in [-0.25, -0.2) is 0 Å². The van der Waals surface area contributed by atoms with Gasteiger partial charge >= 0.3 is 0 Å². The van der Waals surface area contributed by atoms with Crippen molar-refractivity contribution < 1.29 is 14.2 Å². The van der Waals surface area contributed by atoms with Gasteiger partial charge in [-0.15, -0.1) is 0 Å². The van der Waals surface area contributed by atoms with Crippen LogP contribution in [0.15, 0.2) is 24.3 Å². The number of allylic oxidation sites excluding steroid dienone is 2. The molecule has 1 saturated carbocycles. The quantitative estimate of drug-likeness (QED) is 0.687. The molecule has 2 bridgehead atoms. The molecular formula is C22H32N2O3. The van der Waals surface area contributed by atoms with E-state index in [2.05, 4.69) is 22.0 Å². The fraction of sp³-hybridized carbons (Fsp3) is 0.636. The second-order valence-corrected chi connectivity index (χ2v) is 8.14. The molecule has 148 valence electrons. The number of ether oxygens (including phenoxy) is 3. The van der Waals surface area contributed by atoms with Crippen LogP contribution in [0.4, 0.5) is 0 Å². The lowest BCUT2D eigenvalue weighted by Gasteiger charge is -2.37. The van der Waals surface area contributed by atoms with Crippen molar-refractivity contribution >= 4 is 0 Å². The molecule has 1 aliphatic heterocycles. The van der Waals surface area contributed by atoms with Crippen LogP contribution in [0, 0.1) is 17.8 Å². The number of hydrogen-bond acceptors (Lipinski definition) is 5. The van der Waals surface area contributed by atoms with E-state index < -0.39 is 0 Å². The van der Waals surface area contributed by atoms with E-state index in [0.717, 1.165) is 67.5 Å². The molecule has 3 atom stereocenters. The molecule has 3 aliphatic rings. The normalized spacial score (nSPS) is 27.9. The van der Waals surface area contributed by atoms with Gasteiger partial charge in [0.25, 0.3) is 0 Å². The first-order valence-corrected chi connectivity index (χ1v) is 10.1. The van der Waals surface area contributed by atoms with Gasteiger partial charge < -0.3 is 19.1 Å². The summed E-state index contributed by atoms with van der Waals surface area (Å²) >= 11 is 0. The largest absolute Gasteiger partial charge is 0.496 e. The zero-order chi connectivity index (χ0) is 18.8. The summed E-state index contributed by atoms with van der Waals surface area (Å²) in [5.41, 5.74) is 1.15. The SMILES string of the molecule is COc1cc(OC)c(OC)cc1CN1CCN(C[C@@H]2C[C@H]3C=C[C@H]2C3)CC1. The van der Waals surface area contributed by atoms with Crippen LogP contribution in [-0.4, -0.2) is 63.9 Å². The van der Waals surface area contributed by atoms with Crippen LogP contribution in [0.25, 0.3) is 0 Å². The molecule has 4 rings (SSSR count). The van der Waals surface area contributed by atoms with E-state index >= 15 is 0 Å². The average molecular weight is 373 g/mol. The van der Waals surface area contributed by atoms with E-state index in [-0.39, 0.29) is 0 Å². The van der Waals surface area contributed by atoms with Gasteiger partial charge in [-0.05, 0) is 36.7 Å². The average Bonchev–Trinajstić information content (AvgIpc) is 3.32. The first-order valence-electron chi connectivity index (χ1n) is 10.1. The van der Waals surface area contributed by atoms with Crippen molar-refractivity contribution in [3.8, 4) is 17.2 Å². The maximum Gasteiger partial charge on any atom is 0.164 e. The van der Waals surface area contributed by atoms with Crippen LogP contribution in [0.3, 0.4) is 0 Å². The Morgan fingerprint density at radius 1 is 0.815 bits per heavy atom. The zero-order valence-corrected chi connectivity index (χ0v) is 16.8. The Kier molecular flexibility index (Phi) is 5.60. The second kappa shape index (κ2) is 8.11. The van der Waals surface area contributed by atoms with Crippen LogP contribution >= 0.6 is 0 Å². The third kappa shape index (κ3) is 3.94. The van der Waals surface area contributed by atoms with Crippen LogP contribution < -0.4 is 14.2 Å². The van der Waals surface area contributed by atoms with Crippen LogP contribution in [0.1, 0.15) is 18.4 Å². The number of hydrogen-bond donors (Lipinski definition) is 0. The topological polar surface area (TPSA) is 34.2 Å². The fourth-order valence-electron chi connectivity index (χ4n) is 5.02. The molecule has 2 aliphatic carbocycles. The molecular weight excluding hydrogens is 340 g/mol. The highest BCUT2D eigenvalue weighted by atomic mass is 16.5. The Morgan fingerprint density at radius 2 is 1.48 bits per heavy atom. The molecule has 5 heteroatoms. The van der Waals surface area contributed by atoms with E-state index in [9.17, 15) is 0 Å². The van der Waals surface area contributed by atoms with Crippen molar-refractivity contribution in [1.29, 1.82) is 0 Å². The summed E-state index contributed by atoms with van der Waals surface area (Å²) in [7, 11) is 5.05. The third-order valence-electron chi connectivity index (χ3n) is 6.55. The number of nitrogens with zero attached hydrogens (tertiary/aromatic N) is 2. The van der Waals surface area contributed by atoms with Crippen molar-refractivity contribution in [2.75, 3.05) is 54.1 Å². The molecule has 0 amide bonds. The zero-order valence-electron chi connectivity index (χ0n) is 16.8. The van der Waals surface area contributed by atoms with Crippen molar-refractivity contribution in [2.45, 2.75) is 19.4 Å². The highest BCUT2D eigenvalue weighted by molar-refractivity contribution is 5.50. The first-order chi connectivity index (χ1) is 13.2. The molecule has 0 aromatic heterocycles. The van der Waals surface area contributed by atoms with Crippen LogP contribution in [-0.2, 0) is 6.54 Å². The number of piperazine rings is 1. The lowest BCUT2D eigenvalue weighted by Crippen LogP contribution is -2.47. The summed E-state index contributed by atoms with van der Waals surface area (Å²) in [4.78, 5) is 5.18. The Labute approximate surface area is 162 Å². The molecule has 0 spiro atoms. The second-order valence-electron chi connectivity index (χ2n) is 8.14. The summed E-state index contributed by atoms with van der Waals surface area (Å²) in [6.07, 6.45) is 7.72. The number of methoxy groups -OCH3 is 3. The van der Waals surface area contributed by atoms with Crippen LogP contribution in [0.5, 0.6) is 17.2 Å². The van der Waals surface area contributed by atoms with Gasteiger partial charge in [0.15, 0.2) is 11.5 Å². The molecule has 1 aromatic rings. The molecule has 0 N–H and O–H groups in total. The molecule has 1 saturated heterocycles. The van der Waals surface area contributed by atoms with E-state index in [1.165, 1.54) is 19.4 Å². The molecule has 1 aromatic carbocycles. The highest BCUT2D eigenvalue weighted by Gasteiger charge is 2.36. The lowest BCUT2D eigenvalue weighted by atomic mass is 9.93. The van der Waals surface area contributed by atoms with Gasteiger partial charge in [-0.1, -0.05) is 12.2 Å². The van der Waals surface area contributed by atoms with Gasteiger partial charge in [0, 0.05) is 50.9 Å². The Hall–Kier alpha value is -1.72. The fourth-order valence-corrected chi connectivity index (χ4v) is 5.02.